The molecule has 4 nitrogen and oxygen atoms in total. The minimum atomic E-state index is -0.364. The molecule has 0 saturated carbocycles. The fourth-order valence-corrected chi connectivity index (χ4v) is 2.35. The van der Waals surface area contributed by atoms with Gasteiger partial charge in [-0.15, -0.1) is 0 Å². The van der Waals surface area contributed by atoms with E-state index in [4.69, 9.17) is 14.2 Å². The van der Waals surface area contributed by atoms with Crippen LogP contribution in [0.5, 0.6) is 17.2 Å². The van der Waals surface area contributed by atoms with Crippen LogP contribution in [0.4, 0.5) is 4.39 Å². The van der Waals surface area contributed by atoms with Gasteiger partial charge in [0.1, 0.15) is 18.2 Å². The van der Waals surface area contributed by atoms with Crippen LogP contribution < -0.4 is 14.2 Å². The summed E-state index contributed by atoms with van der Waals surface area (Å²) in [4.78, 5) is 11.1. The predicted molar refractivity (Wildman–Crippen MR) is 76.4 cm³/mol. The van der Waals surface area contributed by atoms with Gasteiger partial charge < -0.3 is 14.2 Å². The third kappa shape index (κ3) is 2.71. The number of ether oxygens (including phenoxy) is 3. The zero-order valence-corrected chi connectivity index (χ0v) is 12.4. The first-order chi connectivity index (χ1) is 10.2. The van der Waals surface area contributed by atoms with E-state index in [1.54, 1.807) is 24.3 Å². The SMILES string of the molecule is O=Cc1cc2c(cc1OCc1cccc(F)c1Br)OCO2. The summed E-state index contributed by atoms with van der Waals surface area (Å²) >= 11 is 3.17. The smallest absolute Gasteiger partial charge is 0.231 e. The summed E-state index contributed by atoms with van der Waals surface area (Å²) in [5, 5.41) is 0. The van der Waals surface area contributed by atoms with Crippen LogP contribution in [0.2, 0.25) is 0 Å². The number of benzene rings is 2. The van der Waals surface area contributed by atoms with Crippen LogP contribution in [-0.4, -0.2) is 13.1 Å². The highest BCUT2D eigenvalue weighted by atomic mass is 79.9. The number of fused-ring (bicyclic) bond motifs is 1. The third-order valence-corrected chi connectivity index (χ3v) is 3.93. The fraction of sp³-hybridized carbons (Fsp3) is 0.133. The largest absolute Gasteiger partial charge is 0.488 e. The van der Waals surface area contributed by atoms with Gasteiger partial charge in [0.2, 0.25) is 6.79 Å². The molecule has 0 atom stereocenters. The zero-order chi connectivity index (χ0) is 14.8. The number of carbonyl (C=O) groups excluding carboxylic acids is 1. The molecule has 0 aromatic heterocycles. The van der Waals surface area contributed by atoms with E-state index in [0.717, 1.165) is 0 Å². The van der Waals surface area contributed by atoms with Crippen LogP contribution >= 0.6 is 15.9 Å². The molecule has 3 rings (SSSR count). The quantitative estimate of drug-likeness (QED) is 0.787. The van der Waals surface area contributed by atoms with Crippen LogP contribution in [0.25, 0.3) is 0 Å². The fourth-order valence-electron chi connectivity index (χ4n) is 1.97. The third-order valence-electron chi connectivity index (χ3n) is 3.05. The predicted octanol–water partition coefficient (Wildman–Crippen LogP) is 3.71. The highest BCUT2D eigenvalue weighted by Gasteiger charge is 2.18. The van der Waals surface area contributed by atoms with Gasteiger partial charge in [0.15, 0.2) is 17.8 Å². The van der Waals surface area contributed by atoms with Gasteiger partial charge in [-0.2, -0.15) is 0 Å². The van der Waals surface area contributed by atoms with Crippen molar-refractivity contribution in [3.05, 3.63) is 51.7 Å². The second-order valence-electron chi connectivity index (χ2n) is 4.36. The van der Waals surface area contributed by atoms with Gasteiger partial charge in [-0.1, -0.05) is 12.1 Å². The molecule has 0 aliphatic carbocycles. The summed E-state index contributed by atoms with van der Waals surface area (Å²) in [6.45, 7) is 0.241. The standard InChI is InChI=1S/C15H10BrFO4/c16-15-9(2-1-3-11(15)17)7-19-12-5-14-13(20-8-21-14)4-10(12)6-18/h1-6H,7-8H2. The van der Waals surface area contributed by atoms with Gasteiger partial charge in [-0.05, 0) is 28.1 Å². The topological polar surface area (TPSA) is 44.8 Å². The van der Waals surface area contributed by atoms with Gasteiger partial charge in [0.25, 0.3) is 0 Å². The number of hydrogen-bond donors (Lipinski definition) is 0. The van der Waals surface area contributed by atoms with Gasteiger partial charge in [-0.3, -0.25) is 4.79 Å². The molecular formula is C15H10BrFO4. The second-order valence-corrected chi connectivity index (χ2v) is 5.16. The number of halogens is 2. The molecule has 0 fully saturated rings. The molecule has 0 amide bonds. The summed E-state index contributed by atoms with van der Waals surface area (Å²) in [6.07, 6.45) is 0.678. The van der Waals surface area contributed by atoms with E-state index in [9.17, 15) is 9.18 Å². The van der Waals surface area contributed by atoms with E-state index in [0.29, 0.717) is 39.1 Å². The average Bonchev–Trinajstić information content (AvgIpc) is 2.95. The zero-order valence-electron chi connectivity index (χ0n) is 10.8. The Kier molecular flexibility index (Phi) is 3.79. The monoisotopic (exact) mass is 352 g/mol. The van der Waals surface area contributed by atoms with Crippen molar-refractivity contribution in [1.82, 2.24) is 0 Å². The number of aldehydes is 1. The van der Waals surface area contributed by atoms with Crippen LogP contribution in [0, 0.1) is 5.82 Å². The van der Waals surface area contributed by atoms with Crippen molar-refractivity contribution in [3.63, 3.8) is 0 Å². The maximum atomic E-state index is 13.4. The highest BCUT2D eigenvalue weighted by molar-refractivity contribution is 9.10. The molecule has 0 spiro atoms. The Balaban J connectivity index is 1.85. The van der Waals surface area contributed by atoms with Crippen molar-refractivity contribution in [3.8, 4) is 17.2 Å². The summed E-state index contributed by atoms with van der Waals surface area (Å²) in [7, 11) is 0. The van der Waals surface area contributed by atoms with Gasteiger partial charge in [0.05, 0.1) is 10.0 Å². The number of hydrogen-bond acceptors (Lipinski definition) is 4. The molecule has 0 saturated heterocycles. The Morgan fingerprint density at radius 3 is 2.81 bits per heavy atom. The van der Waals surface area contributed by atoms with Gasteiger partial charge >= 0.3 is 0 Å². The van der Waals surface area contributed by atoms with Gasteiger partial charge in [0, 0.05) is 11.6 Å². The molecule has 108 valence electrons. The molecule has 0 unspecified atom stereocenters. The molecule has 2 aromatic rings. The molecular weight excluding hydrogens is 343 g/mol. The van der Waals surface area contributed by atoms with Crippen LogP contribution in [0.15, 0.2) is 34.8 Å². The second kappa shape index (κ2) is 5.73. The van der Waals surface area contributed by atoms with Crippen molar-refractivity contribution >= 4 is 22.2 Å². The normalized spacial score (nSPS) is 12.3. The number of carbonyl (C=O) groups is 1. The first kappa shape index (κ1) is 13.9. The Morgan fingerprint density at radius 1 is 1.29 bits per heavy atom. The maximum absolute atomic E-state index is 13.4. The Labute approximate surface area is 128 Å². The Hall–Kier alpha value is -2.08. The van der Waals surface area contributed by atoms with Crippen molar-refractivity contribution in [2.24, 2.45) is 0 Å². The lowest BCUT2D eigenvalue weighted by Gasteiger charge is -2.11. The molecule has 0 N–H and O–H groups in total. The van der Waals surface area contributed by atoms with Crippen molar-refractivity contribution < 1.29 is 23.4 Å². The van der Waals surface area contributed by atoms with Crippen molar-refractivity contribution in [1.29, 1.82) is 0 Å². The van der Waals surface area contributed by atoms with E-state index in [1.807, 2.05) is 0 Å². The molecule has 0 radical (unpaired) electrons. The minimum absolute atomic E-state index is 0.118. The Morgan fingerprint density at radius 2 is 2.05 bits per heavy atom. The van der Waals surface area contributed by atoms with Crippen molar-refractivity contribution in [2.45, 2.75) is 6.61 Å². The van der Waals surface area contributed by atoms with Gasteiger partial charge in [-0.25, -0.2) is 4.39 Å². The maximum Gasteiger partial charge on any atom is 0.231 e. The molecule has 1 aliphatic rings. The van der Waals surface area contributed by atoms with E-state index in [-0.39, 0.29) is 19.2 Å². The van der Waals surface area contributed by atoms with Crippen LogP contribution in [0.1, 0.15) is 15.9 Å². The van der Waals surface area contributed by atoms with Crippen LogP contribution in [-0.2, 0) is 6.61 Å². The molecule has 1 heterocycles. The molecule has 0 bridgehead atoms. The minimum Gasteiger partial charge on any atom is -0.488 e. The van der Waals surface area contributed by atoms with Crippen molar-refractivity contribution in [2.75, 3.05) is 6.79 Å². The molecule has 6 heteroatoms. The summed E-state index contributed by atoms with van der Waals surface area (Å²) in [5.74, 6) is 1.04. The van der Waals surface area contributed by atoms with E-state index >= 15 is 0 Å². The van der Waals surface area contributed by atoms with Crippen LogP contribution in [0.3, 0.4) is 0 Å². The Bertz CT molecular complexity index is 702. The molecule has 2 aromatic carbocycles. The summed E-state index contributed by atoms with van der Waals surface area (Å²) < 4.78 is 29.8. The lowest BCUT2D eigenvalue weighted by atomic mass is 10.2. The summed E-state index contributed by atoms with van der Waals surface area (Å²) in [5.41, 5.74) is 0.997. The van der Waals surface area contributed by atoms with E-state index < -0.39 is 0 Å². The lowest BCUT2D eigenvalue weighted by molar-refractivity contribution is 0.111. The first-order valence-electron chi connectivity index (χ1n) is 6.13. The van der Waals surface area contributed by atoms with E-state index in [2.05, 4.69) is 15.9 Å². The highest BCUT2D eigenvalue weighted by Crippen LogP contribution is 2.38. The summed E-state index contributed by atoms with van der Waals surface area (Å²) in [6, 6.07) is 7.84. The van der Waals surface area contributed by atoms with E-state index in [1.165, 1.54) is 6.07 Å². The molecule has 1 aliphatic heterocycles. The average molecular weight is 353 g/mol. The molecule has 21 heavy (non-hydrogen) atoms. The number of rotatable bonds is 4. The first-order valence-corrected chi connectivity index (χ1v) is 6.93. The lowest BCUT2D eigenvalue weighted by Crippen LogP contribution is -2.00.